The number of aryl methyl sites for hydroxylation is 1. The molecular formula is C17H19N3O2S. The van der Waals surface area contributed by atoms with E-state index < -0.39 is 0 Å². The molecular weight excluding hydrogens is 310 g/mol. The number of hydrogen-bond acceptors (Lipinski definition) is 6. The lowest BCUT2D eigenvalue weighted by atomic mass is 10.1. The Labute approximate surface area is 139 Å². The summed E-state index contributed by atoms with van der Waals surface area (Å²) in [6.07, 6.45) is 4.69. The Hall–Kier alpha value is -2.34. The van der Waals surface area contributed by atoms with Crippen LogP contribution in [0.3, 0.4) is 0 Å². The SMILES string of the molecule is COc1cc2nccc(NCCc3cnc(C)s3)c2cc1OC. The molecule has 0 saturated carbocycles. The van der Waals surface area contributed by atoms with Gasteiger partial charge in [0, 0.05) is 47.4 Å². The van der Waals surface area contributed by atoms with Crippen molar-refractivity contribution in [2.75, 3.05) is 26.1 Å². The lowest BCUT2D eigenvalue weighted by molar-refractivity contribution is 0.356. The summed E-state index contributed by atoms with van der Waals surface area (Å²) in [4.78, 5) is 9.98. The number of benzene rings is 1. The Balaban J connectivity index is 1.82. The number of anilines is 1. The van der Waals surface area contributed by atoms with Crippen LogP contribution in [0.1, 0.15) is 9.88 Å². The van der Waals surface area contributed by atoms with Crippen LogP contribution in [0.4, 0.5) is 5.69 Å². The van der Waals surface area contributed by atoms with Crippen molar-refractivity contribution < 1.29 is 9.47 Å². The summed E-state index contributed by atoms with van der Waals surface area (Å²) in [5.74, 6) is 1.39. The van der Waals surface area contributed by atoms with Crippen LogP contribution in [-0.4, -0.2) is 30.7 Å². The number of methoxy groups -OCH3 is 2. The van der Waals surface area contributed by atoms with Gasteiger partial charge in [-0.1, -0.05) is 0 Å². The van der Waals surface area contributed by atoms with Crippen molar-refractivity contribution >= 4 is 27.9 Å². The minimum absolute atomic E-state index is 0.685. The summed E-state index contributed by atoms with van der Waals surface area (Å²) in [6, 6.07) is 5.83. The van der Waals surface area contributed by atoms with Crippen molar-refractivity contribution in [2.45, 2.75) is 13.3 Å². The summed E-state index contributed by atoms with van der Waals surface area (Å²) in [5, 5.41) is 5.60. The molecule has 2 aromatic heterocycles. The van der Waals surface area contributed by atoms with Gasteiger partial charge in [-0.2, -0.15) is 0 Å². The minimum atomic E-state index is 0.685. The van der Waals surface area contributed by atoms with E-state index in [9.17, 15) is 0 Å². The van der Waals surface area contributed by atoms with Crippen molar-refractivity contribution in [1.29, 1.82) is 0 Å². The lowest BCUT2D eigenvalue weighted by Crippen LogP contribution is -2.05. The van der Waals surface area contributed by atoms with E-state index in [0.717, 1.165) is 34.6 Å². The van der Waals surface area contributed by atoms with E-state index in [-0.39, 0.29) is 0 Å². The van der Waals surface area contributed by atoms with E-state index in [2.05, 4.69) is 15.3 Å². The molecule has 1 aromatic carbocycles. The molecule has 120 valence electrons. The maximum absolute atomic E-state index is 5.39. The van der Waals surface area contributed by atoms with E-state index >= 15 is 0 Å². The number of rotatable bonds is 6. The lowest BCUT2D eigenvalue weighted by Gasteiger charge is -2.12. The Morgan fingerprint density at radius 2 is 1.91 bits per heavy atom. The summed E-state index contributed by atoms with van der Waals surface area (Å²) in [6.45, 7) is 2.87. The van der Waals surface area contributed by atoms with Crippen molar-refractivity contribution in [3.63, 3.8) is 0 Å². The Morgan fingerprint density at radius 1 is 1.13 bits per heavy atom. The zero-order chi connectivity index (χ0) is 16.2. The molecule has 3 aromatic rings. The molecule has 0 fully saturated rings. The van der Waals surface area contributed by atoms with Gasteiger partial charge in [-0.25, -0.2) is 4.98 Å². The fourth-order valence-corrected chi connectivity index (χ4v) is 3.26. The first-order valence-electron chi connectivity index (χ1n) is 7.37. The highest BCUT2D eigenvalue weighted by molar-refractivity contribution is 7.11. The molecule has 6 heteroatoms. The Kier molecular flexibility index (Phi) is 4.62. The topological polar surface area (TPSA) is 56.3 Å². The second kappa shape index (κ2) is 6.83. The fourth-order valence-electron chi connectivity index (χ4n) is 2.47. The van der Waals surface area contributed by atoms with Crippen molar-refractivity contribution in [3.05, 3.63) is 40.5 Å². The third-order valence-electron chi connectivity index (χ3n) is 3.60. The number of ether oxygens (including phenoxy) is 2. The van der Waals surface area contributed by atoms with Gasteiger partial charge in [0.15, 0.2) is 11.5 Å². The molecule has 0 saturated heterocycles. The fraction of sp³-hybridized carbons (Fsp3) is 0.294. The van der Waals surface area contributed by atoms with E-state index in [1.807, 2.05) is 31.3 Å². The predicted octanol–water partition coefficient (Wildman–Crippen LogP) is 3.67. The maximum atomic E-state index is 5.39. The van der Waals surface area contributed by atoms with Crippen LogP contribution in [0.5, 0.6) is 11.5 Å². The summed E-state index contributed by atoms with van der Waals surface area (Å²) >= 11 is 1.74. The molecule has 0 aliphatic carbocycles. The van der Waals surface area contributed by atoms with Crippen LogP contribution in [-0.2, 0) is 6.42 Å². The van der Waals surface area contributed by atoms with E-state index in [0.29, 0.717) is 11.5 Å². The van der Waals surface area contributed by atoms with Crippen LogP contribution in [0.25, 0.3) is 10.9 Å². The highest BCUT2D eigenvalue weighted by Gasteiger charge is 2.09. The Bertz CT molecular complexity index is 817. The molecule has 5 nitrogen and oxygen atoms in total. The average molecular weight is 329 g/mol. The first-order valence-corrected chi connectivity index (χ1v) is 8.19. The highest BCUT2D eigenvalue weighted by atomic mass is 32.1. The van der Waals surface area contributed by atoms with Gasteiger partial charge in [-0.15, -0.1) is 11.3 Å². The second-order valence-corrected chi connectivity index (χ2v) is 6.42. The second-order valence-electron chi connectivity index (χ2n) is 5.11. The first kappa shape index (κ1) is 15.6. The summed E-state index contributed by atoms with van der Waals surface area (Å²) in [5.41, 5.74) is 1.92. The van der Waals surface area contributed by atoms with E-state index in [4.69, 9.17) is 9.47 Å². The predicted molar refractivity (Wildman–Crippen MR) is 93.9 cm³/mol. The molecule has 2 heterocycles. The number of aromatic nitrogens is 2. The van der Waals surface area contributed by atoms with Crippen molar-refractivity contribution in [2.24, 2.45) is 0 Å². The largest absolute Gasteiger partial charge is 0.493 e. The Morgan fingerprint density at radius 3 is 2.61 bits per heavy atom. The standard InChI is InChI=1S/C17H19N3O2S/c1-11-20-10-12(23-11)4-6-18-14-5-7-19-15-9-17(22-3)16(21-2)8-13(14)15/h5,7-10H,4,6H2,1-3H3,(H,18,19). The summed E-state index contributed by atoms with van der Waals surface area (Å²) < 4.78 is 10.7. The van der Waals surface area contributed by atoms with Crippen LogP contribution < -0.4 is 14.8 Å². The van der Waals surface area contributed by atoms with Crippen LogP contribution in [0.15, 0.2) is 30.6 Å². The van der Waals surface area contributed by atoms with Crippen LogP contribution in [0.2, 0.25) is 0 Å². The van der Waals surface area contributed by atoms with Gasteiger partial charge in [-0.05, 0) is 19.1 Å². The first-order chi connectivity index (χ1) is 11.2. The van der Waals surface area contributed by atoms with Gasteiger partial charge >= 0.3 is 0 Å². The number of fused-ring (bicyclic) bond motifs is 1. The van der Waals surface area contributed by atoms with Gasteiger partial charge in [0.25, 0.3) is 0 Å². The van der Waals surface area contributed by atoms with E-state index in [1.165, 1.54) is 4.88 Å². The number of hydrogen-bond donors (Lipinski definition) is 1. The third kappa shape index (κ3) is 3.37. The number of thiazole rings is 1. The minimum Gasteiger partial charge on any atom is -0.493 e. The molecule has 0 bridgehead atoms. The molecule has 0 unspecified atom stereocenters. The molecule has 0 spiro atoms. The average Bonchev–Trinajstić information content (AvgIpc) is 2.99. The van der Waals surface area contributed by atoms with Crippen molar-refractivity contribution in [3.8, 4) is 11.5 Å². The van der Waals surface area contributed by atoms with Gasteiger partial charge in [0.2, 0.25) is 0 Å². The third-order valence-corrected chi connectivity index (χ3v) is 4.58. The molecule has 3 rings (SSSR count). The zero-order valence-corrected chi connectivity index (χ0v) is 14.2. The normalized spacial score (nSPS) is 10.7. The quantitative estimate of drug-likeness (QED) is 0.748. The number of nitrogens with zero attached hydrogens (tertiary/aromatic N) is 2. The zero-order valence-electron chi connectivity index (χ0n) is 13.4. The maximum Gasteiger partial charge on any atom is 0.162 e. The van der Waals surface area contributed by atoms with Gasteiger partial charge in [-0.3, -0.25) is 4.98 Å². The molecule has 0 aliphatic rings. The highest BCUT2D eigenvalue weighted by Crippen LogP contribution is 2.34. The van der Waals surface area contributed by atoms with Gasteiger partial charge < -0.3 is 14.8 Å². The molecule has 0 aliphatic heterocycles. The van der Waals surface area contributed by atoms with Crippen LogP contribution in [0, 0.1) is 6.92 Å². The molecule has 0 amide bonds. The molecule has 1 N–H and O–H groups in total. The summed E-state index contributed by atoms with van der Waals surface area (Å²) in [7, 11) is 3.27. The van der Waals surface area contributed by atoms with E-state index in [1.54, 1.807) is 31.8 Å². The van der Waals surface area contributed by atoms with Gasteiger partial charge in [0.05, 0.1) is 24.7 Å². The number of pyridine rings is 1. The molecule has 0 atom stereocenters. The number of nitrogens with one attached hydrogen (secondary N) is 1. The smallest absolute Gasteiger partial charge is 0.162 e. The monoisotopic (exact) mass is 329 g/mol. The molecule has 23 heavy (non-hydrogen) atoms. The van der Waals surface area contributed by atoms with Crippen molar-refractivity contribution in [1.82, 2.24) is 9.97 Å². The van der Waals surface area contributed by atoms with Gasteiger partial charge in [0.1, 0.15) is 0 Å². The molecule has 0 radical (unpaired) electrons. The van der Waals surface area contributed by atoms with Crippen LogP contribution >= 0.6 is 11.3 Å².